The number of benzene rings is 1. The summed E-state index contributed by atoms with van der Waals surface area (Å²) in [6, 6.07) is 8.35. The van der Waals surface area contributed by atoms with Crippen molar-refractivity contribution in [1.82, 2.24) is 19.5 Å². The first-order chi connectivity index (χ1) is 11.7. The summed E-state index contributed by atoms with van der Waals surface area (Å²) in [6.07, 6.45) is 3.46. The number of fused-ring (bicyclic) bond motifs is 1. The van der Waals surface area contributed by atoms with Crippen LogP contribution in [0.4, 0.5) is 5.69 Å². The molecule has 0 spiro atoms. The Hall–Kier alpha value is -2.44. The molecule has 6 heteroatoms. The van der Waals surface area contributed by atoms with E-state index in [0.29, 0.717) is 0 Å². The summed E-state index contributed by atoms with van der Waals surface area (Å²) >= 11 is 0. The van der Waals surface area contributed by atoms with Gasteiger partial charge in [0.1, 0.15) is 6.33 Å². The molecular weight excluding hydrogens is 302 g/mol. The minimum atomic E-state index is 0.794. The molecule has 0 amide bonds. The molecule has 1 aliphatic heterocycles. The van der Waals surface area contributed by atoms with E-state index < -0.39 is 0 Å². The summed E-state index contributed by atoms with van der Waals surface area (Å²) in [5.41, 5.74) is 12.3. The zero-order valence-corrected chi connectivity index (χ0v) is 13.8. The largest absolute Gasteiger partial charge is 0.399 e. The SMILES string of the molecule is Cc1cc(-c2cc(CN3CCOCC3)n3ncncc23)ccc1N. The van der Waals surface area contributed by atoms with Crippen LogP contribution in [0.1, 0.15) is 11.3 Å². The van der Waals surface area contributed by atoms with Crippen molar-refractivity contribution in [2.75, 3.05) is 32.0 Å². The van der Waals surface area contributed by atoms with Crippen molar-refractivity contribution in [3.8, 4) is 11.1 Å². The minimum absolute atomic E-state index is 0.794. The first kappa shape index (κ1) is 15.1. The second-order valence-corrected chi connectivity index (χ2v) is 6.22. The number of aryl methyl sites for hydroxylation is 1. The van der Waals surface area contributed by atoms with Crippen LogP contribution in [0, 0.1) is 6.92 Å². The maximum absolute atomic E-state index is 5.96. The van der Waals surface area contributed by atoms with Crippen LogP contribution in [0.25, 0.3) is 16.6 Å². The van der Waals surface area contributed by atoms with E-state index in [1.165, 1.54) is 5.69 Å². The van der Waals surface area contributed by atoms with E-state index in [9.17, 15) is 0 Å². The third-order valence-corrected chi connectivity index (χ3v) is 4.59. The molecule has 1 fully saturated rings. The van der Waals surface area contributed by atoms with Crippen molar-refractivity contribution in [2.24, 2.45) is 0 Å². The number of nitrogens with zero attached hydrogens (tertiary/aromatic N) is 4. The van der Waals surface area contributed by atoms with Crippen LogP contribution in [-0.2, 0) is 11.3 Å². The lowest BCUT2D eigenvalue weighted by Crippen LogP contribution is -2.36. The number of aromatic nitrogens is 3. The van der Waals surface area contributed by atoms with Gasteiger partial charge in [-0.05, 0) is 36.2 Å². The Bertz CT molecular complexity index is 867. The molecule has 1 aromatic carbocycles. The molecule has 1 aliphatic rings. The Morgan fingerprint density at radius 3 is 2.83 bits per heavy atom. The molecule has 0 atom stereocenters. The molecule has 0 bridgehead atoms. The second-order valence-electron chi connectivity index (χ2n) is 6.22. The number of ether oxygens (including phenoxy) is 1. The molecule has 2 N–H and O–H groups in total. The lowest BCUT2D eigenvalue weighted by atomic mass is 10.0. The van der Waals surface area contributed by atoms with Gasteiger partial charge in [0.25, 0.3) is 0 Å². The molecule has 3 aromatic rings. The smallest absolute Gasteiger partial charge is 0.136 e. The van der Waals surface area contributed by atoms with Crippen LogP contribution in [0.3, 0.4) is 0 Å². The summed E-state index contributed by atoms with van der Waals surface area (Å²) in [4.78, 5) is 6.60. The van der Waals surface area contributed by atoms with Crippen LogP contribution < -0.4 is 5.73 Å². The predicted molar refractivity (Wildman–Crippen MR) is 93.7 cm³/mol. The van der Waals surface area contributed by atoms with Gasteiger partial charge in [0.15, 0.2) is 0 Å². The number of rotatable bonds is 3. The molecule has 2 aromatic heterocycles. The molecule has 3 heterocycles. The van der Waals surface area contributed by atoms with Crippen LogP contribution in [0.15, 0.2) is 36.8 Å². The third kappa shape index (κ3) is 2.74. The molecule has 24 heavy (non-hydrogen) atoms. The number of anilines is 1. The zero-order valence-electron chi connectivity index (χ0n) is 13.8. The molecular formula is C18H21N5O. The van der Waals surface area contributed by atoms with Crippen molar-refractivity contribution in [3.63, 3.8) is 0 Å². The highest BCUT2D eigenvalue weighted by atomic mass is 16.5. The van der Waals surface area contributed by atoms with Crippen molar-refractivity contribution >= 4 is 11.2 Å². The van der Waals surface area contributed by atoms with Crippen LogP contribution in [0.2, 0.25) is 0 Å². The first-order valence-electron chi connectivity index (χ1n) is 8.19. The summed E-state index contributed by atoms with van der Waals surface area (Å²) in [7, 11) is 0. The highest BCUT2D eigenvalue weighted by Crippen LogP contribution is 2.29. The number of nitrogens with two attached hydrogens (primary N) is 1. The molecule has 124 valence electrons. The zero-order chi connectivity index (χ0) is 16.5. The quantitative estimate of drug-likeness (QED) is 0.748. The number of hydrogen-bond acceptors (Lipinski definition) is 5. The molecule has 4 rings (SSSR count). The average Bonchev–Trinajstić information content (AvgIpc) is 2.97. The van der Waals surface area contributed by atoms with Crippen molar-refractivity contribution in [1.29, 1.82) is 0 Å². The summed E-state index contributed by atoms with van der Waals surface area (Å²) in [5.74, 6) is 0. The van der Waals surface area contributed by atoms with E-state index in [4.69, 9.17) is 10.5 Å². The van der Waals surface area contributed by atoms with Gasteiger partial charge in [-0.1, -0.05) is 6.07 Å². The monoisotopic (exact) mass is 323 g/mol. The number of morpholine rings is 1. The highest BCUT2D eigenvalue weighted by Gasteiger charge is 2.17. The van der Waals surface area contributed by atoms with Crippen molar-refractivity contribution in [2.45, 2.75) is 13.5 Å². The Labute approximate surface area is 140 Å². The third-order valence-electron chi connectivity index (χ3n) is 4.59. The lowest BCUT2D eigenvalue weighted by molar-refractivity contribution is 0.0334. The molecule has 0 saturated carbocycles. The van der Waals surface area contributed by atoms with Gasteiger partial charge in [-0.25, -0.2) is 9.50 Å². The van der Waals surface area contributed by atoms with Crippen molar-refractivity contribution < 1.29 is 4.74 Å². The number of hydrogen-bond donors (Lipinski definition) is 1. The average molecular weight is 323 g/mol. The lowest BCUT2D eigenvalue weighted by Gasteiger charge is -2.26. The van der Waals surface area contributed by atoms with Crippen LogP contribution >= 0.6 is 0 Å². The number of nitrogen functional groups attached to an aromatic ring is 1. The van der Waals surface area contributed by atoms with E-state index >= 15 is 0 Å². The Morgan fingerprint density at radius 1 is 1.21 bits per heavy atom. The van der Waals surface area contributed by atoms with E-state index in [-0.39, 0.29) is 0 Å². The van der Waals surface area contributed by atoms with Gasteiger partial charge in [-0.2, -0.15) is 5.10 Å². The first-order valence-corrected chi connectivity index (χ1v) is 8.19. The van der Waals surface area contributed by atoms with Gasteiger partial charge in [-0.3, -0.25) is 4.90 Å². The van der Waals surface area contributed by atoms with Gasteiger partial charge < -0.3 is 10.5 Å². The van der Waals surface area contributed by atoms with Gasteiger partial charge in [0, 0.05) is 30.9 Å². The Balaban J connectivity index is 1.77. The van der Waals surface area contributed by atoms with E-state index in [2.05, 4.69) is 33.2 Å². The standard InChI is InChI=1S/C18H21N5O/c1-13-8-14(2-3-17(13)19)16-9-15(11-22-4-6-24-7-5-22)23-18(16)10-20-12-21-23/h2-3,8-10,12H,4-7,11,19H2,1H3. The summed E-state index contributed by atoms with van der Waals surface area (Å²) < 4.78 is 7.43. The minimum Gasteiger partial charge on any atom is -0.399 e. The predicted octanol–water partition coefficient (Wildman–Crippen LogP) is 2.12. The fourth-order valence-corrected chi connectivity index (χ4v) is 3.19. The fraction of sp³-hybridized carbons (Fsp3) is 0.333. The molecule has 0 unspecified atom stereocenters. The van der Waals surface area contributed by atoms with Gasteiger partial charge in [0.2, 0.25) is 0 Å². The van der Waals surface area contributed by atoms with E-state index in [1.807, 2.05) is 23.7 Å². The van der Waals surface area contributed by atoms with Crippen LogP contribution in [-0.4, -0.2) is 45.8 Å². The molecule has 6 nitrogen and oxygen atoms in total. The van der Waals surface area contributed by atoms with E-state index in [0.717, 1.165) is 60.7 Å². The molecule has 0 radical (unpaired) electrons. The van der Waals surface area contributed by atoms with Gasteiger partial charge in [-0.15, -0.1) is 0 Å². The Kier molecular flexibility index (Phi) is 3.92. The Morgan fingerprint density at radius 2 is 2.04 bits per heavy atom. The van der Waals surface area contributed by atoms with Gasteiger partial charge in [0.05, 0.1) is 30.6 Å². The second kappa shape index (κ2) is 6.22. The normalized spacial score (nSPS) is 15.9. The highest BCUT2D eigenvalue weighted by molar-refractivity contribution is 5.82. The summed E-state index contributed by atoms with van der Waals surface area (Å²) in [6.45, 7) is 6.38. The van der Waals surface area contributed by atoms with Crippen LogP contribution in [0.5, 0.6) is 0 Å². The van der Waals surface area contributed by atoms with E-state index in [1.54, 1.807) is 6.33 Å². The van der Waals surface area contributed by atoms with Gasteiger partial charge >= 0.3 is 0 Å². The van der Waals surface area contributed by atoms with Crippen molar-refractivity contribution in [3.05, 3.63) is 48.0 Å². The summed E-state index contributed by atoms with van der Waals surface area (Å²) in [5, 5.41) is 4.46. The topological polar surface area (TPSA) is 68.7 Å². The molecule has 1 saturated heterocycles. The molecule has 0 aliphatic carbocycles. The fourth-order valence-electron chi connectivity index (χ4n) is 3.19. The maximum Gasteiger partial charge on any atom is 0.136 e. The maximum atomic E-state index is 5.96.